The Morgan fingerprint density at radius 3 is 2.72 bits per heavy atom. The van der Waals surface area contributed by atoms with Gasteiger partial charge in [0, 0.05) is 17.8 Å². The van der Waals surface area contributed by atoms with Gasteiger partial charge < -0.3 is 4.57 Å². The second-order valence-electron chi connectivity index (χ2n) is 5.56. The van der Waals surface area contributed by atoms with Crippen molar-refractivity contribution in [3.63, 3.8) is 0 Å². The maximum absolute atomic E-state index is 12.4. The number of imidazole rings is 1. The summed E-state index contributed by atoms with van der Waals surface area (Å²) in [6, 6.07) is 9.80. The Morgan fingerprint density at radius 1 is 1.32 bits per heavy atom. The minimum absolute atomic E-state index is 0.374. The highest BCUT2D eigenvalue weighted by Gasteiger charge is 2.17. The van der Waals surface area contributed by atoms with E-state index in [1.807, 2.05) is 47.9 Å². The molecular formula is C17H17ClN4O2S. The number of nitrogens with zero attached hydrogens (tertiary/aromatic N) is 3. The summed E-state index contributed by atoms with van der Waals surface area (Å²) in [4.78, 5) is 31.1. The highest BCUT2D eigenvalue weighted by Crippen LogP contribution is 2.23. The monoisotopic (exact) mass is 376 g/mol. The van der Waals surface area contributed by atoms with Gasteiger partial charge in [0.05, 0.1) is 6.54 Å². The van der Waals surface area contributed by atoms with Crippen molar-refractivity contribution in [2.75, 3.05) is 5.75 Å². The van der Waals surface area contributed by atoms with Gasteiger partial charge in [-0.2, -0.15) is 0 Å². The number of hydrogen-bond acceptors (Lipinski definition) is 4. The predicted octanol–water partition coefficient (Wildman–Crippen LogP) is 2.71. The number of allylic oxidation sites excluding steroid dienone is 1. The summed E-state index contributed by atoms with van der Waals surface area (Å²) >= 11 is 7.35. The van der Waals surface area contributed by atoms with E-state index in [0.29, 0.717) is 33.7 Å². The molecule has 0 atom stereocenters. The molecule has 1 N–H and O–H groups in total. The normalized spacial score (nSPS) is 12.0. The van der Waals surface area contributed by atoms with Crippen molar-refractivity contribution in [3.8, 4) is 0 Å². The molecule has 0 fully saturated rings. The van der Waals surface area contributed by atoms with Crippen molar-refractivity contribution < 1.29 is 0 Å². The molecule has 3 rings (SSSR count). The predicted molar refractivity (Wildman–Crippen MR) is 101 cm³/mol. The first-order valence-corrected chi connectivity index (χ1v) is 9.02. The average Bonchev–Trinajstić information content (AvgIpc) is 2.92. The van der Waals surface area contributed by atoms with Gasteiger partial charge in [0.15, 0.2) is 16.3 Å². The van der Waals surface area contributed by atoms with Crippen molar-refractivity contribution in [3.05, 3.63) is 67.8 Å². The van der Waals surface area contributed by atoms with Gasteiger partial charge in [-0.1, -0.05) is 59.8 Å². The van der Waals surface area contributed by atoms with E-state index in [9.17, 15) is 9.59 Å². The number of aromatic amines is 1. The quantitative estimate of drug-likeness (QED) is 0.695. The Kier molecular flexibility index (Phi) is 5.15. The number of thioether (sulfide) groups is 1. The zero-order chi connectivity index (χ0) is 18.0. The Balaban J connectivity index is 2.15. The molecule has 0 amide bonds. The Labute approximate surface area is 153 Å². The molecule has 0 spiro atoms. The van der Waals surface area contributed by atoms with E-state index >= 15 is 0 Å². The van der Waals surface area contributed by atoms with Gasteiger partial charge in [0.25, 0.3) is 5.56 Å². The number of aryl methyl sites for hydroxylation is 1. The first kappa shape index (κ1) is 17.6. The summed E-state index contributed by atoms with van der Waals surface area (Å²) in [6.07, 6.45) is 1.88. The molecule has 6 nitrogen and oxygen atoms in total. The third kappa shape index (κ3) is 3.72. The zero-order valence-corrected chi connectivity index (χ0v) is 15.4. The van der Waals surface area contributed by atoms with Crippen molar-refractivity contribution in [1.29, 1.82) is 0 Å². The largest absolute Gasteiger partial charge is 0.329 e. The van der Waals surface area contributed by atoms with E-state index in [-0.39, 0.29) is 0 Å². The molecule has 0 unspecified atom stereocenters. The molecule has 3 aromatic rings. The molecule has 0 saturated heterocycles. The Bertz CT molecular complexity index is 1050. The Morgan fingerprint density at radius 2 is 2.04 bits per heavy atom. The van der Waals surface area contributed by atoms with E-state index in [1.165, 1.54) is 16.3 Å². The van der Waals surface area contributed by atoms with E-state index in [1.54, 1.807) is 7.05 Å². The van der Waals surface area contributed by atoms with Gasteiger partial charge in [0.2, 0.25) is 0 Å². The van der Waals surface area contributed by atoms with Crippen LogP contribution in [0.2, 0.25) is 0 Å². The fourth-order valence-corrected chi connectivity index (χ4v) is 3.58. The van der Waals surface area contributed by atoms with Crippen molar-refractivity contribution in [2.45, 2.75) is 18.6 Å². The van der Waals surface area contributed by atoms with Crippen LogP contribution >= 0.6 is 23.4 Å². The lowest BCUT2D eigenvalue weighted by Gasteiger charge is -2.08. The van der Waals surface area contributed by atoms with Crippen molar-refractivity contribution in [1.82, 2.24) is 19.1 Å². The molecule has 0 aliphatic heterocycles. The summed E-state index contributed by atoms with van der Waals surface area (Å²) in [5.74, 6) is 0.624. The molecule has 1 aromatic carbocycles. The molecule has 25 heavy (non-hydrogen) atoms. The van der Waals surface area contributed by atoms with Crippen LogP contribution in [-0.2, 0) is 13.6 Å². The molecule has 0 aliphatic rings. The van der Waals surface area contributed by atoms with Crippen molar-refractivity contribution in [2.24, 2.45) is 7.05 Å². The smallest absolute Gasteiger partial charge is 0.309 e. The number of nitrogens with one attached hydrogen (secondary N) is 1. The number of halogens is 1. The first-order valence-electron chi connectivity index (χ1n) is 7.66. The first-order chi connectivity index (χ1) is 12.0. The average molecular weight is 377 g/mol. The summed E-state index contributed by atoms with van der Waals surface area (Å²) in [7, 11) is 1.59. The lowest BCUT2D eigenvalue weighted by molar-refractivity contribution is 0.728. The molecule has 0 aliphatic carbocycles. The second kappa shape index (κ2) is 7.33. The van der Waals surface area contributed by atoms with Gasteiger partial charge in [-0.05, 0) is 12.5 Å². The number of aromatic nitrogens is 4. The van der Waals surface area contributed by atoms with Crippen LogP contribution in [0.4, 0.5) is 0 Å². The van der Waals surface area contributed by atoms with Crippen LogP contribution < -0.4 is 11.2 Å². The number of H-pyrrole nitrogens is 1. The standard InChI is InChI=1S/C17H17ClN4O2S/c1-11(18)8-9-25-17-19-14-13(15(23)20-16(24)21(14)2)22(17)10-12-6-4-3-5-7-12/h3-8H,9-10H2,1-2H3,(H,20,23,24). The molecular weight excluding hydrogens is 360 g/mol. The topological polar surface area (TPSA) is 72.7 Å². The lowest BCUT2D eigenvalue weighted by Crippen LogP contribution is -2.29. The maximum Gasteiger partial charge on any atom is 0.329 e. The van der Waals surface area contributed by atoms with Crippen LogP contribution in [0, 0.1) is 0 Å². The van der Waals surface area contributed by atoms with E-state index in [4.69, 9.17) is 11.6 Å². The molecule has 8 heteroatoms. The molecule has 0 radical (unpaired) electrons. The third-order valence-corrected chi connectivity index (χ3v) is 4.79. The van der Waals surface area contributed by atoms with E-state index in [2.05, 4.69) is 9.97 Å². The molecule has 0 saturated carbocycles. The second-order valence-corrected chi connectivity index (χ2v) is 7.14. The number of benzene rings is 1. The molecule has 130 valence electrons. The molecule has 2 heterocycles. The zero-order valence-electron chi connectivity index (χ0n) is 13.8. The van der Waals surface area contributed by atoms with Gasteiger partial charge in [-0.15, -0.1) is 0 Å². The van der Waals surface area contributed by atoms with E-state index < -0.39 is 11.2 Å². The highest BCUT2D eigenvalue weighted by atomic mass is 35.5. The van der Waals surface area contributed by atoms with Crippen LogP contribution in [0.3, 0.4) is 0 Å². The van der Waals surface area contributed by atoms with Gasteiger partial charge in [-0.25, -0.2) is 9.78 Å². The van der Waals surface area contributed by atoms with Crippen LogP contribution in [0.1, 0.15) is 12.5 Å². The summed E-state index contributed by atoms with van der Waals surface area (Å²) in [5, 5.41) is 1.36. The summed E-state index contributed by atoms with van der Waals surface area (Å²) in [5.41, 5.74) is 0.895. The fourth-order valence-electron chi connectivity index (χ4n) is 2.47. The SMILES string of the molecule is CC(Cl)=CCSc1nc2c(c(=O)[nH]c(=O)n2C)n1Cc1ccccc1. The maximum atomic E-state index is 12.4. The minimum Gasteiger partial charge on any atom is -0.309 e. The summed E-state index contributed by atoms with van der Waals surface area (Å²) in [6.45, 7) is 2.30. The number of rotatable bonds is 5. The van der Waals surface area contributed by atoms with Gasteiger partial charge >= 0.3 is 5.69 Å². The lowest BCUT2D eigenvalue weighted by atomic mass is 10.2. The van der Waals surface area contributed by atoms with Crippen LogP contribution in [-0.4, -0.2) is 24.9 Å². The highest BCUT2D eigenvalue weighted by molar-refractivity contribution is 7.99. The van der Waals surface area contributed by atoms with Crippen molar-refractivity contribution >= 4 is 34.5 Å². The number of hydrogen-bond donors (Lipinski definition) is 1. The van der Waals surface area contributed by atoms with Crippen LogP contribution in [0.15, 0.2) is 56.2 Å². The minimum atomic E-state index is -0.477. The molecule has 2 aromatic heterocycles. The fraction of sp³-hybridized carbons (Fsp3) is 0.235. The van der Waals surface area contributed by atoms with E-state index in [0.717, 1.165) is 5.56 Å². The third-order valence-electron chi connectivity index (χ3n) is 3.73. The van der Waals surface area contributed by atoms with Crippen LogP contribution in [0.25, 0.3) is 11.2 Å². The Hall–Kier alpha value is -2.25. The van der Waals surface area contributed by atoms with Gasteiger partial charge in [0.1, 0.15) is 0 Å². The molecule has 0 bridgehead atoms. The van der Waals surface area contributed by atoms with Crippen LogP contribution in [0.5, 0.6) is 0 Å². The van der Waals surface area contributed by atoms with Gasteiger partial charge in [-0.3, -0.25) is 14.3 Å². The number of fused-ring (bicyclic) bond motifs is 1. The summed E-state index contributed by atoms with van der Waals surface area (Å²) < 4.78 is 3.19.